The molecule has 1 fully saturated rings. The summed E-state index contributed by atoms with van der Waals surface area (Å²) < 4.78 is 0. The molecule has 72 valence electrons. The maximum absolute atomic E-state index is 3.68. The molecule has 2 heteroatoms. The van der Waals surface area contributed by atoms with E-state index in [9.17, 15) is 0 Å². The predicted molar refractivity (Wildman–Crippen MR) is 57.6 cm³/mol. The van der Waals surface area contributed by atoms with Crippen LogP contribution in [0.5, 0.6) is 0 Å². The Hall–Kier alpha value is 0.310. The van der Waals surface area contributed by atoms with Gasteiger partial charge in [0, 0.05) is 5.25 Å². The van der Waals surface area contributed by atoms with Gasteiger partial charge in [0.25, 0.3) is 0 Å². The lowest BCUT2D eigenvalue weighted by molar-refractivity contribution is 0.398. The summed E-state index contributed by atoms with van der Waals surface area (Å²) in [7, 11) is 0. The van der Waals surface area contributed by atoms with Crippen LogP contribution in [0.25, 0.3) is 0 Å². The highest BCUT2D eigenvalue weighted by atomic mass is 32.2. The highest BCUT2D eigenvalue weighted by Crippen LogP contribution is 2.38. The van der Waals surface area contributed by atoms with Gasteiger partial charge in [0.2, 0.25) is 0 Å². The summed E-state index contributed by atoms with van der Waals surface area (Å²) in [5, 5.41) is 4.52. The fraction of sp³-hybridized carbons (Fsp3) is 1.00. The molecule has 0 amide bonds. The molecule has 0 aliphatic carbocycles. The molecular weight excluding hydrogens is 166 g/mol. The molecule has 1 saturated heterocycles. The molecule has 2 unspecified atom stereocenters. The second-order valence-electron chi connectivity index (χ2n) is 3.74. The normalized spacial score (nSPS) is 36.8. The first-order valence-electron chi connectivity index (χ1n) is 5.15. The van der Waals surface area contributed by atoms with Crippen LogP contribution in [0, 0.1) is 0 Å². The fourth-order valence-corrected chi connectivity index (χ4v) is 3.61. The SMILES string of the molecule is CCCC1(CC)NCCC(C)S1. The van der Waals surface area contributed by atoms with Gasteiger partial charge in [-0.1, -0.05) is 27.2 Å². The molecule has 1 heterocycles. The fourth-order valence-electron chi connectivity index (χ4n) is 1.93. The lowest BCUT2D eigenvalue weighted by Gasteiger charge is -2.40. The summed E-state index contributed by atoms with van der Waals surface area (Å²) in [5.41, 5.74) is 0. The minimum Gasteiger partial charge on any atom is -0.303 e. The maximum atomic E-state index is 3.68. The third kappa shape index (κ3) is 2.40. The van der Waals surface area contributed by atoms with Gasteiger partial charge in [-0.3, -0.25) is 0 Å². The zero-order valence-electron chi connectivity index (χ0n) is 8.52. The molecule has 0 bridgehead atoms. The van der Waals surface area contributed by atoms with E-state index in [1.165, 1.54) is 32.2 Å². The van der Waals surface area contributed by atoms with Gasteiger partial charge in [-0.2, -0.15) is 0 Å². The minimum atomic E-state index is 0.409. The lowest BCUT2D eigenvalue weighted by Crippen LogP contribution is -2.47. The van der Waals surface area contributed by atoms with Crippen molar-refractivity contribution in [2.45, 2.75) is 56.6 Å². The van der Waals surface area contributed by atoms with E-state index < -0.39 is 0 Å². The van der Waals surface area contributed by atoms with Crippen molar-refractivity contribution in [1.29, 1.82) is 0 Å². The summed E-state index contributed by atoms with van der Waals surface area (Å²) in [6, 6.07) is 0. The molecule has 0 spiro atoms. The van der Waals surface area contributed by atoms with Crippen molar-refractivity contribution in [3.8, 4) is 0 Å². The van der Waals surface area contributed by atoms with Crippen LogP contribution in [0.15, 0.2) is 0 Å². The van der Waals surface area contributed by atoms with Crippen molar-refractivity contribution < 1.29 is 0 Å². The van der Waals surface area contributed by atoms with Crippen LogP contribution in [-0.4, -0.2) is 16.7 Å². The van der Waals surface area contributed by atoms with Crippen molar-refractivity contribution in [2.75, 3.05) is 6.54 Å². The third-order valence-electron chi connectivity index (χ3n) is 2.65. The average molecular weight is 187 g/mol. The van der Waals surface area contributed by atoms with E-state index in [4.69, 9.17) is 0 Å². The number of hydrogen-bond acceptors (Lipinski definition) is 2. The Bertz CT molecular complexity index is 134. The molecule has 0 radical (unpaired) electrons. The van der Waals surface area contributed by atoms with Crippen LogP contribution in [0.4, 0.5) is 0 Å². The first-order valence-corrected chi connectivity index (χ1v) is 6.03. The molecule has 1 rings (SSSR count). The molecule has 1 aliphatic rings. The van der Waals surface area contributed by atoms with Crippen LogP contribution < -0.4 is 5.32 Å². The van der Waals surface area contributed by atoms with Crippen molar-refractivity contribution in [1.82, 2.24) is 5.32 Å². The molecule has 1 nitrogen and oxygen atoms in total. The molecule has 0 aromatic heterocycles. The zero-order valence-corrected chi connectivity index (χ0v) is 9.34. The van der Waals surface area contributed by atoms with Gasteiger partial charge in [0.1, 0.15) is 0 Å². The van der Waals surface area contributed by atoms with Gasteiger partial charge in [0.05, 0.1) is 4.87 Å². The molecule has 0 saturated carbocycles. The molecule has 0 aromatic carbocycles. The topological polar surface area (TPSA) is 12.0 Å². The highest BCUT2D eigenvalue weighted by Gasteiger charge is 2.32. The zero-order chi connectivity index (χ0) is 9.03. The monoisotopic (exact) mass is 187 g/mol. The summed E-state index contributed by atoms with van der Waals surface area (Å²) in [4.78, 5) is 0.409. The Kier molecular flexibility index (Phi) is 3.91. The van der Waals surface area contributed by atoms with Crippen molar-refractivity contribution in [3.05, 3.63) is 0 Å². The quantitative estimate of drug-likeness (QED) is 0.729. The molecular formula is C10H21NS. The van der Waals surface area contributed by atoms with Gasteiger partial charge in [-0.05, 0) is 25.8 Å². The maximum Gasteiger partial charge on any atom is 0.0645 e. The number of nitrogens with one attached hydrogen (secondary N) is 1. The number of thioether (sulfide) groups is 1. The van der Waals surface area contributed by atoms with Gasteiger partial charge in [-0.25, -0.2) is 0 Å². The van der Waals surface area contributed by atoms with E-state index in [0.29, 0.717) is 4.87 Å². The van der Waals surface area contributed by atoms with E-state index >= 15 is 0 Å². The van der Waals surface area contributed by atoms with E-state index in [1.807, 2.05) is 0 Å². The summed E-state index contributed by atoms with van der Waals surface area (Å²) in [6.07, 6.45) is 5.20. The van der Waals surface area contributed by atoms with Crippen LogP contribution in [0.1, 0.15) is 46.5 Å². The van der Waals surface area contributed by atoms with E-state index in [2.05, 4.69) is 37.8 Å². The summed E-state index contributed by atoms with van der Waals surface area (Å²) >= 11 is 2.15. The smallest absolute Gasteiger partial charge is 0.0645 e. The molecule has 0 aromatic rings. The van der Waals surface area contributed by atoms with Crippen LogP contribution in [0.3, 0.4) is 0 Å². The Morgan fingerprint density at radius 1 is 1.50 bits per heavy atom. The largest absolute Gasteiger partial charge is 0.303 e. The highest BCUT2D eigenvalue weighted by molar-refractivity contribution is 8.01. The Morgan fingerprint density at radius 2 is 2.25 bits per heavy atom. The number of hydrogen-bond donors (Lipinski definition) is 1. The molecule has 1 N–H and O–H groups in total. The lowest BCUT2D eigenvalue weighted by atomic mass is 10.1. The predicted octanol–water partition coefficient (Wildman–Crippen LogP) is 3.01. The summed E-state index contributed by atoms with van der Waals surface area (Å²) in [6.45, 7) is 8.14. The van der Waals surface area contributed by atoms with Gasteiger partial charge in [-0.15, -0.1) is 11.8 Å². The number of rotatable bonds is 3. The first kappa shape index (κ1) is 10.4. The molecule has 1 aliphatic heterocycles. The van der Waals surface area contributed by atoms with Crippen LogP contribution in [-0.2, 0) is 0 Å². The Balaban J connectivity index is 2.51. The average Bonchev–Trinajstić information content (AvgIpc) is 2.05. The van der Waals surface area contributed by atoms with Crippen molar-refractivity contribution >= 4 is 11.8 Å². The van der Waals surface area contributed by atoms with Gasteiger partial charge < -0.3 is 5.32 Å². The van der Waals surface area contributed by atoms with Crippen molar-refractivity contribution in [2.24, 2.45) is 0 Å². The molecule has 2 atom stereocenters. The Labute approximate surface area is 80.7 Å². The summed E-state index contributed by atoms with van der Waals surface area (Å²) in [5.74, 6) is 0. The van der Waals surface area contributed by atoms with Gasteiger partial charge >= 0.3 is 0 Å². The second-order valence-corrected chi connectivity index (χ2v) is 5.56. The van der Waals surface area contributed by atoms with Crippen LogP contribution in [0.2, 0.25) is 0 Å². The van der Waals surface area contributed by atoms with E-state index in [1.54, 1.807) is 0 Å². The van der Waals surface area contributed by atoms with E-state index in [-0.39, 0.29) is 0 Å². The minimum absolute atomic E-state index is 0.409. The van der Waals surface area contributed by atoms with Crippen molar-refractivity contribution in [3.63, 3.8) is 0 Å². The second kappa shape index (κ2) is 4.52. The third-order valence-corrected chi connectivity index (χ3v) is 4.38. The van der Waals surface area contributed by atoms with E-state index in [0.717, 1.165) is 5.25 Å². The molecule has 12 heavy (non-hydrogen) atoms. The standard InChI is InChI=1S/C10H21NS/c1-4-7-10(5-2)11-8-6-9(3)12-10/h9,11H,4-8H2,1-3H3. The Morgan fingerprint density at radius 3 is 2.75 bits per heavy atom. The van der Waals surface area contributed by atoms with Gasteiger partial charge in [0.15, 0.2) is 0 Å². The van der Waals surface area contributed by atoms with Crippen LogP contribution >= 0.6 is 11.8 Å². The first-order chi connectivity index (χ1) is 5.72.